The maximum Gasteiger partial charge on any atom is 0.166 e. The molecule has 5 heteroatoms. The van der Waals surface area contributed by atoms with Gasteiger partial charge in [0.15, 0.2) is 17.3 Å². The lowest BCUT2D eigenvalue weighted by molar-refractivity contribution is 0.445. The molecule has 0 radical (unpaired) electrons. The first-order valence-electron chi connectivity index (χ1n) is 6.26. The number of nitrogens with zero attached hydrogens (tertiary/aromatic N) is 1. The van der Waals surface area contributed by atoms with Gasteiger partial charge in [0.25, 0.3) is 0 Å². The van der Waals surface area contributed by atoms with E-state index >= 15 is 0 Å². The number of fused-ring (bicyclic) bond motifs is 1. The summed E-state index contributed by atoms with van der Waals surface area (Å²) in [7, 11) is 0. The van der Waals surface area contributed by atoms with Crippen molar-refractivity contribution in [3.05, 3.63) is 66.1 Å². The van der Waals surface area contributed by atoms with Crippen LogP contribution < -0.4 is 10.5 Å². The monoisotopic (exact) mass is 298 g/mol. The standard InChI is InChI=1S/C16H11FN2OS/c17-12-9-11(16(18)21)6-7-13(12)20-14-5-1-3-10-4-2-8-19-15(10)14/h1-9H,(H2,18,21). The molecule has 2 aromatic carbocycles. The highest BCUT2D eigenvalue weighted by Crippen LogP contribution is 2.30. The van der Waals surface area contributed by atoms with Gasteiger partial charge in [0.1, 0.15) is 10.5 Å². The summed E-state index contributed by atoms with van der Waals surface area (Å²) >= 11 is 4.82. The molecule has 1 aromatic heterocycles. The summed E-state index contributed by atoms with van der Waals surface area (Å²) in [5, 5.41) is 0.926. The van der Waals surface area contributed by atoms with Gasteiger partial charge in [-0.2, -0.15) is 0 Å². The van der Waals surface area contributed by atoms with Crippen molar-refractivity contribution in [2.45, 2.75) is 0 Å². The third kappa shape index (κ3) is 2.68. The second-order valence-corrected chi connectivity index (χ2v) is 4.88. The van der Waals surface area contributed by atoms with Crippen molar-refractivity contribution in [2.24, 2.45) is 5.73 Å². The maximum absolute atomic E-state index is 14.0. The third-order valence-corrected chi connectivity index (χ3v) is 3.27. The van der Waals surface area contributed by atoms with E-state index in [2.05, 4.69) is 4.98 Å². The van der Waals surface area contributed by atoms with Crippen LogP contribution in [0.3, 0.4) is 0 Å². The molecule has 3 nitrogen and oxygen atoms in total. The Hall–Kier alpha value is -2.53. The van der Waals surface area contributed by atoms with Crippen LogP contribution in [-0.2, 0) is 0 Å². The molecule has 0 aliphatic heterocycles. The third-order valence-electron chi connectivity index (χ3n) is 3.03. The highest BCUT2D eigenvalue weighted by Gasteiger charge is 2.10. The van der Waals surface area contributed by atoms with Crippen LogP contribution >= 0.6 is 12.2 Å². The number of nitrogens with two attached hydrogens (primary N) is 1. The lowest BCUT2D eigenvalue weighted by Gasteiger charge is -2.09. The van der Waals surface area contributed by atoms with Crippen molar-refractivity contribution in [2.75, 3.05) is 0 Å². The Morgan fingerprint density at radius 3 is 2.67 bits per heavy atom. The van der Waals surface area contributed by atoms with Gasteiger partial charge < -0.3 is 10.5 Å². The summed E-state index contributed by atoms with van der Waals surface area (Å²) in [5.74, 6) is 0.0801. The Bertz CT molecular complexity index is 830. The molecule has 1 heterocycles. The van der Waals surface area contributed by atoms with Gasteiger partial charge in [0, 0.05) is 17.1 Å². The van der Waals surface area contributed by atoms with E-state index in [-0.39, 0.29) is 10.7 Å². The summed E-state index contributed by atoms with van der Waals surface area (Å²) < 4.78 is 19.7. The molecule has 3 rings (SSSR count). The Kier molecular flexibility index (Phi) is 3.50. The van der Waals surface area contributed by atoms with Crippen LogP contribution in [0.5, 0.6) is 11.5 Å². The van der Waals surface area contributed by atoms with Crippen LogP contribution in [0.2, 0.25) is 0 Å². The molecule has 0 aliphatic rings. The average Bonchev–Trinajstić information content (AvgIpc) is 2.49. The van der Waals surface area contributed by atoms with Crippen LogP contribution in [0.4, 0.5) is 4.39 Å². The molecule has 104 valence electrons. The van der Waals surface area contributed by atoms with Gasteiger partial charge in [-0.25, -0.2) is 4.39 Å². The molecule has 0 amide bonds. The van der Waals surface area contributed by atoms with Gasteiger partial charge in [0.05, 0.1) is 0 Å². The summed E-state index contributed by atoms with van der Waals surface area (Å²) in [4.78, 5) is 4.41. The van der Waals surface area contributed by atoms with Crippen LogP contribution in [0.1, 0.15) is 5.56 Å². The molecule has 0 unspecified atom stereocenters. The molecular weight excluding hydrogens is 287 g/mol. The lowest BCUT2D eigenvalue weighted by Crippen LogP contribution is -2.09. The van der Waals surface area contributed by atoms with Crippen molar-refractivity contribution >= 4 is 28.1 Å². The largest absolute Gasteiger partial charge is 0.452 e. The van der Waals surface area contributed by atoms with Crippen LogP contribution in [0, 0.1) is 5.82 Å². The minimum atomic E-state index is -0.520. The zero-order valence-electron chi connectivity index (χ0n) is 10.9. The normalized spacial score (nSPS) is 10.5. The second-order valence-electron chi connectivity index (χ2n) is 4.44. The van der Waals surface area contributed by atoms with Gasteiger partial charge in [-0.05, 0) is 30.3 Å². The van der Waals surface area contributed by atoms with Gasteiger partial charge >= 0.3 is 0 Å². The molecule has 0 saturated heterocycles. The Morgan fingerprint density at radius 2 is 1.90 bits per heavy atom. The number of para-hydroxylation sites is 1. The summed E-state index contributed by atoms with van der Waals surface area (Å²) in [6.45, 7) is 0. The van der Waals surface area contributed by atoms with Crippen LogP contribution in [0.15, 0.2) is 54.7 Å². The van der Waals surface area contributed by atoms with E-state index in [0.717, 1.165) is 5.39 Å². The zero-order chi connectivity index (χ0) is 14.8. The quantitative estimate of drug-likeness (QED) is 0.747. The first-order valence-corrected chi connectivity index (χ1v) is 6.67. The number of rotatable bonds is 3. The van der Waals surface area contributed by atoms with Gasteiger partial charge in [-0.3, -0.25) is 4.98 Å². The zero-order valence-corrected chi connectivity index (χ0v) is 11.7. The number of hydrogen-bond acceptors (Lipinski definition) is 3. The minimum Gasteiger partial charge on any atom is -0.452 e. The summed E-state index contributed by atoms with van der Waals surface area (Å²) in [6.07, 6.45) is 1.67. The molecule has 0 atom stereocenters. The van der Waals surface area contributed by atoms with Crippen LogP contribution in [-0.4, -0.2) is 9.97 Å². The number of benzene rings is 2. The Balaban J connectivity index is 2.01. The molecule has 0 saturated carbocycles. The van der Waals surface area contributed by atoms with Gasteiger partial charge in [-0.15, -0.1) is 0 Å². The van der Waals surface area contributed by atoms with E-state index in [9.17, 15) is 4.39 Å². The van der Waals surface area contributed by atoms with Gasteiger partial charge in [0.2, 0.25) is 0 Å². The fraction of sp³-hybridized carbons (Fsp3) is 0. The number of aromatic nitrogens is 1. The molecule has 0 spiro atoms. The predicted octanol–water partition coefficient (Wildman–Crippen LogP) is 3.80. The minimum absolute atomic E-state index is 0.105. The van der Waals surface area contributed by atoms with Crippen molar-refractivity contribution < 1.29 is 9.13 Å². The SMILES string of the molecule is NC(=S)c1ccc(Oc2cccc3cccnc23)c(F)c1. The fourth-order valence-electron chi connectivity index (χ4n) is 2.01. The topological polar surface area (TPSA) is 48.1 Å². The highest BCUT2D eigenvalue weighted by molar-refractivity contribution is 7.80. The van der Waals surface area contributed by atoms with E-state index in [0.29, 0.717) is 16.8 Å². The molecule has 21 heavy (non-hydrogen) atoms. The first kappa shape index (κ1) is 13.5. The molecule has 0 aliphatic carbocycles. The second kappa shape index (κ2) is 5.46. The van der Waals surface area contributed by atoms with E-state index in [4.69, 9.17) is 22.7 Å². The lowest BCUT2D eigenvalue weighted by atomic mass is 10.2. The average molecular weight is 298 g/mol. The van der Waals surface area contributed by atoms with Gasteiger partial charge in [-0.1, -0.05) is 30.4 Å². The Labute approximate surface area is 126 Å². The summed E-state index contributed by atoms with van der Waals surface area (Å²) in [5.41, 5.74) is 6.62. The molecule has 2 N–H and O–H groups in total. The molecule has 0 bridgehead atoms. The maximum atomic E-state index is 14.0. The first-order chi connectivity index (χ1) is 10.1. The smallest absolute Gasteiger partial charge is 0.166 e. The number of halogens is 1. The molecule has 3 aromatic rings. The van der Waals surface area contributed by atoms with Crippen molar-refractivity contribution in [3.8, 4) is 11.5 Å². The number of pyridine rings is 1. The molecular formula is C16H11FN2OS. The van der Waals surface area contributed by atoms with Crippen LogP contribution in [0.25, 0.3) is 10.9 Å². The highest BCUT2D eigenvalue weighted by atomic mass is 32.1. The predicted molar refractivity (Wildman–Crippen MR) is 84.1 cm³/mol. The fourth-order valence-corrected chi connectivity index (χ4v) is 2.14. The molecule has 0 fully saturated rings. The Morgan fingerprint density at radius 1 is 1.10 bits per heavy atom. The van der Waals surface area contributed by atoms with Crippen molar-refractivity contribution in [3.63, 3.8) is 0 Å². The van der Waals surface area contributed by atoms with E-state index in [1.165, 1.54) is 12.1 Å². The van der Waals surface area contributed by atoms with Crippen molar-refractivity contribution in [1.29, 1.82) is 0 Å². The summed E-state index contributed by atoms with van der Waals surface area (Å²) in [6, 6.07) is 13.6. The number of ether oxygens (including phenoxy) is 1. The van der Waals surface area contributed by atoms with E-state index < -0.39 is 5.82 Å². The van der Waals surface area contributed by atoms with E-state index in [1.54, 1.807) is 18.3 Å². The van der Waals surface area contributed by atoms with E-state index in [1.807, 2.05) is 24.3 Å². The van der Waals surface area contributed by atoms with Crippen molar-refractivity contribution in [1.82, 2.24) is 4.98 Å². The number of hydrogen-bond donors (Lipinski definition) is 1. The number of thiocarbonyl (C=S) groups is 1.